The van der Waals surface area contributed by atoms with Gasteiger partial charge >= 0.3 is 0 Å². The minimum atomic E-state index is -0.615. The minimum absolute atomic E-state index is 0.00423. The molecule has 3 amide bonds. The number of nitrogens with zero attached hydrogens (tertiary/aromatic N) is 1. The van der Waals surface area contributed by atoms with Crippen molar-refractivity contribution in [1.82, 2.24) is 15.5 Å². The second-order valence-corrected chi connectivity index (χ2v) is 9.62. The third-order valence-electron chi connectivity index (χ3n) is 6.28. The number of benzene rings is 1. The highest BCUT2D eigenvalue weighted by Crippen LogP contribution is 2.23. The van der Waals surface area contributed by atoms with Crippen molar-refractivity contribution in [3.63, 3.8) is 0 Å². The molecule has 31 heavy (non-hydrogen) atoms. The first-order valence-electron chi connectivity index (χ1n) is 11.5. The third kappa shape index (κ3) is 7.08. The normalized spacial score (nSPS) is 16.8. The van der Waals surface area contributed by atoms with Gasteiger partial charge in [-0.1, -0.05) is 45.9 Å². The smallest absolute Gasteiger partial charge is 0.252 e. The highest BCUT2D eigenvalue weighted by molar-refractivity contribution is 5.98. The summed E-state index contributed by atoms with van der Waals surface area (Å²) in [4.78, 5) is 40.5. The number of likely N-dealkylation sites (tertiary alicyclic amines) is 1. The first-order chi connectivity index (χ1) is 14.6. The zero-order valence-electron chi connectivity index (χ0n) is 19.9. The maximum absolute atomic E-state index is 13.2. The van der Waals surface area contributed by atoms with Crippen molar-refractivity contribution in [3.05, 3.63) is 35.4 Å². The van der Waals surface area contributed by atoms with Gasteiger partial charge in [0.25, 0.3) is 5.91 Å². The van der Waals surface area contributed by atoms with E-state index in [1.54, 1.807) is 6.07 Å². The van der Waals surface area contributed by atoms with Gasteiger partial charge in [0.1, 0.15) is 6.04 Å². The van der Waals surface area contributed by atoms with Crippen LogP contribution in [0.2, 0.25) is 0 Å². The Bertz CT molecular complexity index is 767. The van der Waals surface area contributed by atoms with E-state index in [0.29, 0.717) is 49.8 Å². The number of hydrogen-bond acceptors (Lipinski definition) is 3. The zero-order valence-corrected chi connectivity index (χ0v) is 19.9. The van der Waals surface area contributed by atoms with E-state index in [2.05, 4.69) is 24.5 Å². The summed E-state index contributed by atoms with van der Waals surface area (Å²) < 4.78 is 0. The van der Waals surface area contributed by atoms with Crippen LogP contribution in [0.4, 0.5) is 0 Å². The molecule has 1 aliphatic rings. The first-order valence-corrected chi connectivity index (χ1v) is 11.5. The molecular formula is C25H39N3O3. The zero-order chi connectivity index (χ0) is 23.1. The summed E-state index contributed by atoms with van der Waals surface area (Å²) in [6, 6.07) is 6.79. The Balaban J connectivity index is 2.13. The number of aryl methyl sites for hydroxylation is 1. The van der Waals surface area contributed by atoms with Crippen molar-refractivity contribution >= 4 is 17.7 Å². The van der Waals surface area contributed by atoms with Crippen LogP contribution in [0.1, 0.15) is 69.8 Å². The summed E-state index contributed by atoms with van der Waals surface area (Å²) in [7, 11) is 0. The summed E-state index contributed by atoms with van der Waals surface area (Å²) in [5, 5.41) is 6.08. The highest BCUT2D eigenvalue weighted by atomic mass is 16.2. The Kier molecular flexibility index (Phi) is 9.08. The predicted molar refractivity (Wildman–Crippen MR) is 124 cm³/mol. The van der Waals surface area contributed by atoms with Gasteiger partial charge in [0.2, 0.25) is 11.8 Å². The van der Waals surface area contributed by atoms with Crippen LogP contribution in [0.3, 0.4) is 0 Å². The van der Waals surface area contributed by atoms with Crippen LogP contribution in [0.5, 0.6) is 0 Å². The summed E-state index contributed by atoms with van der Waals surface area (Å²) in [6.45, 7) is 13.3. The fourth-order valence-corrected chi connectivity index (χ4v) is 3.89. The fourth-order valence-electron chi connectivity index (χ4n) is 3.89. The molecule has 2 rings (SSSR count). The number of rotatable bonds is 8. The van der Waals surface area contributed by atoms with Crippen LogP contribution >= 0.6 is 0 Å². The fraction of sp³-hybridized carbons (Fsp3) is 0.640. The summed E-state index contributed by atoms with van der Waals surface area (Å²) in [6.07, 6.45) is 1.95. The van der Waals surface area contributed by atoms with Crippen molar-refractivity contribution in [2.45, 2.75) is 72.9 Å². The highest BCUT2D eigenvalue weighted by Gasteiger charge is 2.34. The number of carbonyl (C=O) groups excluding carboxylic acids is 3. The number of amides is 3. The molecule has 1 fully saturated rings. The van der Waals surface area contributed by atoms with Crippen LogP contribution < -0.4 is 10.6 Å². The number of nitrogens with one attached hydrogen (secondary N) is 2. The van der Waals surface area contributed by atoms with E-state index in [9.17, 15) is 14.4 Å². The molecular weight excluding hydrogens is 390 g/mol. The van der Waals surface area contributed by atoms with E-state index in [1.807, 2.05) is 50.8 Å². The van der Waals surface area contributed by atoms with Gasteiger partial charge in [-0.25, -0.2) is 0 Å². The second-order valence-electron chi connectivity index (χ2n) is 9.62. The van der Waals surface area contributed by atoms with Crippen LogP contribution in [0, 0.1) is 24.7 Å². The first kappa shape index (κ1) is 24.9. The molecule has 0 unspecified atom stereocenters. The SMILES string of the molecule is Cc1ccccc1C(=O)N[C@H](C(=O)N[C@@H](C)C(C)C)C1CCN(C(=O)CC(C)C)CC1. The summed E-state index contributed by atoms with van der Waals surface area (Å²) >= 11 is 0. The van der Waals surface area contributed by atoms with Gasteiger partial charge in [-0.2, -0.15) is 0 Å². The molecule has 0 saturated carbocycles. The summed E-state index contributed by atoms with van der Waals surface area (Å²) in [5.41, 5.74) is 1.46. The van der Waals surface area contributed by atoms with Crippen LogP contribution in [-0.2, 0) is 9.59 Å². The van der Waals surface area contributed by atoms with E-state index in [0.717, 1.165) is 5.56 Å². The topological polar surface area (TPSA) is 78.5 Å². The van der Waals surface area contributed by atoms with Crippen LogP contribution in [0.25, 0.3) is 0 Å². The monoisotopic (exact) mass is 429 g/mol. The largest absolute Gasteiger partial charge is 0.352 e. The van der Waals surface area contributed by atoms with Crippen LogP contribution in [-0.4, -0.2) is 47.8 Å². The molecule has 0 bridgehead atoms. The van der Waals surface area contributed by atoms with Crippen molar-refractivity contribution in [2.24, 2.45) is 17.8 Å². The van der Waals surface area contributed by atoms with Crippen molar-refractivity contribution in [2.75, 3.05) is 13.1 Å². The molecule has 2 atom stereocenters. The van der Waals surface area contributed by atoms with Crippen molar-refractivity contribution in [1.29, 1.82) is 0 Å². The molecule has 0 radical (unpaired) electrons. The lowest BCUT2D eigenvalue weighted by Crippen LogP contribution is -2.55. The summed E-state index contributed by atoms with van der Waals surface area (Å²) in [5.74, 6) is 0.424. The molecule has 0 spiro atoms. The van der Waals surface area contributed by atoms with Gasteiger partial charge < -0.3 is 15.5 Å². The number of piperidine rings is 1. The molecule has 0 aromatic heterocycles. The van der Waals surface area contributed by atoms with Gasteiger partial charge in [0, 0.05) is 31.1 Å². The molecule has 1 heterocycles. The molecule has 1 aromatic carbocycles. The maximum Gasteiger partial charge on any atom is 0.252 e. The second kappa shape index (κ2) is 11.3. The maximum atomic E-state index is 13.2. The molecule has 1 saturated heterocycles. The van der Waals surface area contributed by atoms with E-state index < -0.39 is 6.04 Å². The third-order valence-corrected chi connectivity index (χ3v) is 6.28. The van der Waals surface area contributed by atoms with Gasteiger partial charge in [0.15, 0.2) is 0 Å². The Morgan fingerprint density at radius 2 is 1.61 bits per heavy atom. The molecule has 6 heteroatoms. The molecule has 2 N–H and O–H groups in total. The average molecular weight is 430 g/mol. The lowest BCUT2D eigenvalue weighted by atomic mass is 9.87. The van der Waals surface area contributed by atoms with E-state index in [1.165, 1.54) is 0 Å². The van der Waals surface area contributed by atoms with Crippen molar-refractivity contribution in [3.8, 4) is 0 Å². The van der Waals surface area contributed by atoms with Crippen LogP contribution in [0.15, 0.2) is 24.3 Å². The Labute approximate surface area is 187 Å². The number of carbonyl (C=O) groups is 3. The predicted octanol–water partition coefficient (Wildman–Crippen LogP) is 3.54. The average Bonchev–Trinajstić information content (AvgIpc) is 2.71. The lowest BCUT2D eigenvalue weighted by Gasteiger charge is -2.36. The van der Waals surface area contributed by atoms with E-state index in [4.69, 9.17) is 0 Å². The molecule has 172 valence electrons. The number of hydrogen-bond donors (Lipinski definition) is 2. The van der Waals surface area contributed by atoms with E-state index in [-0.39, 0.29) is 29.7 Å². The molecule has 1 aromatic rings. The Hall–Kier alpha value is -2.37. The standard InChI is InChI=1S/C25H39N3O3/c1-16(2)15-22(29)28-13-11-20(12-14-28)23(25(31)26-19(6)17(3)4)27-24(30)21-10-8-7-9-18(21)5/h7-10,16-17,19-20,23H,11-15H2,1-6H3,(H,26,31)(H,27,30)/t19-,23-/m0/s1. The Morgan fingerprint density at radius 1 is 1.00 bits per heavy atom. The molecule has 6 nitrogen and oxygen atoms in total. The van der Waals surface area contributed by atoms with Gasteiger partial charge in [0.05, 0.1) is 0 Å². The Morgan fingerprint density at radius 3 is 2.16 bits per heavy atom. The van der Waals surface area contributed by atoms with Gasteiger partial charge in [-0.05, 0) is 56.1 Å². The van der Waals surface area contributed by atoms with Crippen molar-refractivity contribution < 1.29 is 14.4 Å². The van der Waals surface area contributed by atoms with Gasteiger partial charge in [-0.15, -0.1) is 0 Å². The quantitative estimate of drug-likeness (QED) is 0.663. The molecule has 0 aliphatic carbocycles. The van der Waals surface area contributed by atoms with E-state index >= 15 is 0 Å². The lowest BCUT2D eigenvalue weighted by molar-refractivity contribution is -0.133. The minimum Gasteiger partial charge on any atom is -0.352 e. The van der Waals surface area contributed by atoms with Gasteiger partial charge in [-0.3, -0.25) is 14.4 Å². The molecule has 1 aliphatic heterocycles.